The minimum Gasteiger partial charge on any atom is -0.422 e. The number of aryl methyl sites for hydroxylation is 1. The largest absolute Gasteiger partial charge is 0.422 e. The fourth-order valence-electron chi connectivity index (χ4n) is 2.50. The smallest absolute Gasteiger partial charge is 0.323 e. The molecule has 1 atom stereocenters. The Labute approximate surface area is 141 Å². The minimum absolute atomic E-state index is 0.205. The molecular weight excluding hydrogens is 324 g/mol. The molecule has 0 saturated carbocycles. The second-order valence-electron chi connectivity index (χ2n) is 5.28. The summed E-state index contributed by atoms with van der Waals surface area (Å²) in [7, 11) is -1.27. The van der Waals surface area contributed by atoms with E-state index in [1.807, 2.05) is 37.3 Å². The first kappa shape index (κ1) is 14.8. The highest BCUT2D eigenvalue weighted by Crippen LogP contribution is 2.31. The van der Waals surface area contributed by atoms with Crippen molar-refractivity contribution in [2.75, 3.05) is 4.31 Å². The van der Waals surface area contributed by atoms with E-state index in [9.17, 15) is 4.21 Å². The average Bonchev–Trinajstić information content (AvgIpc) is 2.95. The predicted octanol–water partition coefficient (Wildman–Crippen LogP) is 3.02. The number of aromatic nitrogens is 3. The second-order valence-corrected chi connectivity index (χ2v) is 6.66. The number of nitrogens with zero attached hydrogens (tertiary/aromatic N) is 4. The van der Waals surface area contributed by atoms with Gasteiger partial charge in [-0.3, -0.25) is 9.29 Å². The van der Waals surface area contributed by atoms with Crippen LogP contribution in [0.1, 0.15) is 11.3 Å². The normalized spacial score (nSPS) is 16.0. The number of fused-ring (bicyclic) bond motifs is 1. The Morgan fingerprint density at radius 3 is 2.79 bits per heavy atom. The summed E-state index contributed by atoms with van der Waals surface area (Å²) in [6.07, 6.45) is 3.30. The zero-order valence-electron chi connectivity index (χ0n) is 12.9. The summed E-state index contributed by atoms with van der Waals surface area (Å²) in [5, 5.41) is 0. The maximum absolute atomic E-state index is 12.6. The van der Waals surface area contributed by atoms with Gasteiger partial charge in [-0.2, -0.15) is 4.98 Å². The van der Waals surface area contributed by atoms with Crippen LogP contribution < -0.4 is 9.04 Å². The van der Waals surface area contributed by atoms with E-state index in [1.54, 1.807) is 28.8 Å². The highest BCUT2D eigenvalue weighted by atomic mass is 32.2. The number of anilines is 1. The molecule has 3 heterocycles. The van der Waals surface area contributed by atoms with Crippen molar-refractivity contribution in [3.63, 3.8) is 0 Å². The Hall–Kier alpha value is -2.80. The lowest BCUT2D eigenvalue weighted by atomic mass is 10.2. The molecule has 3 aromatic rings. The van der Waals surface area contributed by atoms with Crippen molar-refractivity contribution in [2.45, 2.75) is 18.4 Å². The number of ether oxygens (including phenoxy) is 1. The fourth-order valence-corrected chi connectivity index (χ4v) is 3.82. The van der Waals surface area contributed by atoms with E-state index >= 15 is 0 Å². The highest BCUT2D eigenvalue weighted by molar-refractivity contribution is 7.86. The summed E-state index contributed by atoms with van der Waals surface area (Å²) >= 11 is 0. The number of hydrogen-bond acceptors (Lipinski definition) is 5. The van der Waals surface area contributed by atoms with E-state index in [4.69, 9.17) is 4.74 Å². The van der Waals surface area contributed by atoms with E-state index in [0.29, 0.717) is 18.1 Å². The van der Waals surface area contributed by atoms with Crippen LogP contribution in [0.4, 0.5) is 5.82 Å². The molecular formula is C17H14N4O2S. The number of pyridine rings is 1. The molecule has 0 spiro atoms. The Balaban J connectivity index is 1.62. The molecule has 0 aliphatic carbocycles. The lowest BCUT2D eigenvalue weighted by molar-refractivity contribution is 0.436. The molecule has 4 rings (SSSR count). The Morgan fingerprint density at radius 1 is 1.08 bits per heavy atom. The van der Waals surface area contributed by atoms with Crippen LogP contribution in [0.5, 0.6) is 11.8 Å². The zero-order chi connectivity index (χ0) is 16.5. The predicted molar refractivity (Wildman–Crippen MR) is 90.1 cm³/mol. The summed E-state index contributed by atoms with van der Waals surface area (Å²) in [5.41, 5.74) is 1.80. The Morgan fingerprint density at radius 2 is 1.96 bits per heavy atom. The molecule has 2 aromatic heterocycles. The van der Waals surface area contributed by atoms with Crippen molar-refractivity contribution >= 4 is 16.8 Å². The molecule has 1 unspecified atom stereocenters. The van der Waals surface area contributed by atoms with Gasteiger partial charge in [0.2, 0.25) is 0 Å². The van der Waals surface area contributed by atoms with Crippen LogP contribution in [0.3, 0.4) is 0 Å². The van der Waals surface area contributed by atoms with Gasteiger partial charge in [-0.05, 0) is 30.7 Å². The van der Waals surface area contributed by atoms with Gasteiger partial charge in [0.1, 0.15) is 5.82 Å². The fraction of sp³-hybridized carbons (Fsp3) is 0.118. The van der Waals surface area contributed by atoms with E-state index in [2.05, 4.69) is 15.0 Å². The van der Waals surface area contributed by atoms with E-state index < -0.39 is 11.0 Å². The molecule has 1 aliphatic heterocycles. The van der Waals surface area contributed by atoms with Crippen LogP contribution in [0.15, 0.2) is 59.8 Å². The Bertz CT molecular complexity index is 932. The topological polar surface area (TPSA) is 68.2 Å². The first-order valence-electron chi connectivity index (χ1n) is 7.42. The molecule has 120 valence electrons. The second kappa shape index (κ2) is 6.01. The Kier molecular flexibility index (Phi) is 3.70. The van der Waals surface area contributed by atoms with E-state index in [1.165, 1.54) is 0 Å². The maximum Gasteiger partial charge on any atom is 0.323 e. The molecule has 1 aromatic carbocycles. The molecule has 0 bridgehead atoms. The van der Waals surface area contributed by atoms with Crippen LogP contribution in [0, 0.1) is 6.92 Å². The molecule has 1 aliphatic rings. The molecule has 0 N–H and O–H groups in total. The van der Waals surface area contributed by atoms with Crippen LogP contribution in [0.2, 0.25) is 0 Å². The van der Waals surface area contributed by atoms with Crippen molar-refractivity contribution in [1.82, 2.24) is 15.0 Å². The molecule has 0 saturated heterocycles. The monoisotopic (exact) mass is 338 g/mol. The SMILES string of the molecule is Cc1ncccc1Oc1nccc(N2Cc3ccccc3S2=O)n1. The average molecular weight is 338 g/mol. The van der Waals surface area contributed by atoms with Crippen molar-refractivity contribution < 1.29 is 8.95 Å². The molecule has 6 nitrogen and oxygen atoms in total. The quantitative estimate of drug-likeness (QED) is 0.734. The van der Waals surface area contributed by atoms with Gasteiger partial charge < -0.3 is 4.74 Å². The summed E-state index contributed by atoms with van der Waals surface area (Å²) in [6, 6.07) is 13.2. The van der Waals surface area contributed by atoms with Gasteiger partial charge >= 0.3 is 6.01 Å². The summed E-state index contributed by atoms with van der Waals surface area (Å²) in [5.74, 6) is 1.16. The first-order valence-corrected chi connectivity index (χ1v) is 8.53. The number of hydrogen-bond donors (Lipinski definition) is 0. The maximum atomic E-state index is 12.6. The van der Waals surface area contributed by atoms with Gasteiger partial charge in [-0.25, -0.2) is 9.19 Å². The molecule has 7 heteroatoms. The van der Waals surface area contributed by atoms with E-state index in [-0.39, 0.29) is 6.01 Å². The zero-order valence-corrected chi connectivity index (χ0v) is 13.7. The summed E-state index contributed by atoms with van der Waals surface area (Å²) < 4.78 is 20.1. The lowest BCUT2D eigenvalue weighted by Crippen LogP contribution is -2.19. The van der Waals surface area contributed by atoms with Crippen LogP contribution >= 0.6 is 0 Å². The van der Waals surface area contributed by atoms with Crippen molar-refractivity contribution in [3.8, 4) is 11.8 Å². The minimum atomic E-state index is -1.27. The molecule has 0 amide bonds. The first-order chi connectivity index (χ1) is 11.7. The van der Waals surface area contributed by atoms with Crippen molar-refractivity contribution in [1.29, 1.82) is 0 Å². The van der Waals surface area contributed by atoms with Gasteiger partial charge in [0.05, 0.1) is 17.1 Å². The molecule has 24 heavy (non-hydrogen) atoms. The molecule has 0 radical (unpaired) electrons. The van der Waals surface area contributed by atoms with Crippen LogP contribution in [0.25, 0.3) is 0 Å². The number of rotatable bonds is 3. The third kappa shape index (κ3) is 2.63. The van der Waals surface area contributed by atoms with Gasteiger partial charge in [0.15, 0.2) is 16.7 Å². The third-order valence-corrected chi connectivity index (χ3v) is 5.20. The lowest BCUT2D eigenvalue weighted by Gasteiger charge is -2.15. The summed E-state index contributed by atoms with van der Waals surface area (Å²) in [4.78, 5) is 13.5. The van der Waals surface area contributed by atoms with Gasteiger partial charge in [0, 0.05) is 18.5 Å². The summed E-state index contributed by atoms with van der Waals surface area (Å²) in [6.45, 7) is 2.40. The highest BCUT2D eigenvalue weighted by Gasteiger charge is 2.28. The van der Waals surface area contributed by atoms with Gasteiger partial charge in [0.25, 0.3) is 0 Å². The van der Waals surface area contributed by atoms with Crippen molar-refractivity contribution in [2.24, 2.45) is 0 Å². The van der Waals surface area contributed by atoms with Gasteiger partial charge in [-0.1, -0.05) is 18.2 Å². The van der Waals surface area contributed by atoms with Crippen molar-refractivity contribution in [3.05, 3.63) is 66.1 Å². The van der Waals surface area contributed by atoms with Crippen LogP contribution in [-0.4, -0.2) is 19.2 Å². The molecule has 0 fully saturated rings. The van der Waals surface area contributed by atoms with E-state index in [0.717, 1.165) is 16.2 Å². The van der Waals surface area contributed by atoms with Gasteiger partial charge in [-0.15, -0.1) is 0 Å². The third-order valence-electron chi connectivity index (χ3n) is 3.71. The number of benzene rings is 1. The van der Waals surface area contributed by atoms with Crippen LogP contribution in [-0.2, 0) is 17.5 Å². The standard InChI is InChI=1S/C17H14N4O2S/c1-12-14(6-4-9-18-12)23-17-19-10-8-16(20-17)21-11-13-5-2-3-7-15(13)24(21)22/h2-10H,11H2,1H3.